The number of amides is 1. The summed E-state index contributed by atoms with van der Waals surface area (Å²) in [5.74, 6) is 2.66. The molecule has 10 nitrogen and oxygen atoms in total. The van der Waals surface area contributed by atoms with E-state index >= 15 is 0 Å². The summed E-state index contributed by atoms with van der Waals surface area (Å²) in [5, 5.41) is 18.9. The van der Waals surface area contributed by atoms with Gasteiger partial charge >= 0.3 is 0 Å². The molecule has 1 amide bonds. The molecule has 1 atom stereocenters. The number of hydrogen-bond acceptors (Lipinski definition) is 7. The molecule has 3 aromatic rings. The van der Waals surface area contributed by atoms with E-state index in [4.69, 9.17) is 15.8 Å². The van der Waals surface area contributed by atoms with Gasteiger partial charge in [-0.05, 0) is 63.5 Å². The fraction of sp³-hybridized carbons (Fsp3) is 0.565. The van der Waals surface area contributed by atoms with E-state index < -0.39 is 0 Å². The monoisotopic (exact) mass is 449 g/mol. The number of nitrogens with two attached hydrogens (primary N) is 1. The third-order valence-electron chi connectivity index (χ3n) is 7.17. The summed E-state index contributed by atoms with van der Waals surface area (Å²) in [6, 6.07) is 6.20. The lowest BCUT2D eigenvalue weighted by molar-refractivity contribution is -0.123. The van der Waals surface area contributed by atoms with E-state index in [1.165, 1.54) is 12.8 Å². The number of anilines is 3. The van der Waals surface area contributed by atoms with Gasteiger partial charge in [0.25, 0.3) is 0 Å². The molecule has 0 radical (unpaired) electrons. The van der Waals surface area contributed by atoms with E-state index in [0.29, 0.717) is 17.7 Å². The Morgan fingerprint density at radius 1 is 1.15 bits per heavy atom. The summed E-state index contributed by atoms with van der Waals surface area (Å²) >= 11 is 0. The summed E-state index contributed by atoms with van der Waals surface area (Å²) in [6.45, 7) is 0.758. The molecule has 2 aliphatic carbocycles. The summed E-state index contributed by atoms with van der Waals surface area (Å²) < 4.78 is 1.81. The highest BCUT2D eigenvalue weighted by molar-refractivity contribution is 5.86. The number of fused-ring (bicyclic) bond motifs is 1. The van der Waals surface area contributed by atoms with Crippen LogP contribution in [-0.4, -0.2) is 55.4 Å². The molecule has 5 N–H and O–H groups in total. The van der Waals surface area contributed by atoms with Crippen molar-refractivity contribution in [3.8, 4) is 0 Å². The zero-order valence-electron chi connectivity index (χ0n) is 18.7. The Morgan fingerprint density at radius 2 is 2.00 bits per heavy atom. The third kappa shape index (κ3) is 4.15. The Morgan fingerprint density at radius 3 is 2.82 bits per heavy atom. The molecule has 0 aromatic carbocycles. The lowest BCUT2D eigenvalue weighted by Crippen LogP contribution is -2.49. The Labute approximate surface area is 192 Å². The van der Waals surface area contributed by atoms with Gasteiger partial charge in [-0.3, -0.25) is 9.89 Å². The van der Waals surface area contributed by atoms with Crippen molar-refractivity contribution >= 4 is 29.0 Å². The fourth-order valence-electron chi connectivity index (χ4n) is 5.10. The molecule has 2 saturated carbocycles. The number of aromatic nitrogens is 5. The van der Waals surface area contributed by atoms with Crippen LogP contribution in [0, 0.1) is 0 Å². The topological polar surface area (TPSA) is 129 Å². The van der Waals surface area contributed by atoms with Crippen LogP contribution < -0.4 is 21.3 Å². The number of hydrogen-bond donors (Lipinski definition) is 4. The molecule has 1 aliphatic heterocycles. The molecular formula is C23H31N9O. The standard InChI is InChI=1S/C23H31N9O/c24-15-7-9-16(10-8-15)25-22(33)19-4-1-11-31(19)23-27-21(18-3-2-12-32(18)30-23)26-20-13-17(28-29-20)14-5-6-14/h2-3,12-16,19H,1,4-11,24H2,(H,25,33)(H2,26,27,28,29,30). The largest absolute Gasteiger partial charge is 0.352 e. The van der Waals surface area contributed by atoms with Gasteiger partial charge in [-0.1, -0.05) is 0 Å². The van der Waals surface area contributed by atoms with Crippen molar-refractivity contribution in [3.05, 3.63) is 30.1 Å². The van der Waals surface area contributed by atoms with Crippen LogP contribution in [0.5, 0.6) is 0 Å². The van der Waals surface area contributed by atoms with Crippen LogP contribution in [0.25, 0.3) is 5.52 Å². The first kappa shape index (κ1) is 20.5. The Balaban J connectivity index is 1.23. The van der Waals surface area contributed by atoms with Crippen molar-refractivity contribution in [1.82, 2.24) is 30.1 Å². The molecule has 33 heavy (non-hydrogen) atoms. The predicted molar refractivity (Wildman–Crippen MR) is 126 cm³/mol. The van der Waals surface area contributed by atoms with E-state index in [2.05, 4.69) is 26.9 Å². The van der Waals surface area contributed by atoms with Crippen molar-refractivity contribution in [3.63, 3.8) is 0 Å². The van der Waals surface area contributed by atoms with Crippen LogP contribution in [0.15, 0.2) is 24.4 Å². The minimum absolute atomic E-state index is 0.0695. The van der Waals surface area contributed by atoms with Gasteiger partial charge < -0.3 is 21.3 Å². The first-order chi connectivity index (χ1) is 16.1. The molecule has 3 aromatic heterocycles. The third-order valence-corrected chi connectivity index (χ3v) is 7.17. The molecule has 174 valence electrons. The highest BCUT2D eigenvalue weighted by atomic mass is 16.2. The molecule has 1 unspecified atom stereocenters. The number of carbonyl (C=O) groups excluding carboxylic acids is 1. The summed E-state index contributed by atoms with van der Waals surface area (Å²) in [5.41, 5.74) is 8.05. The van der Waals surface area contributed by atoms with Gasteiger partial charge in [0.2, 0.25) is 11.9 Å². The van der Waals surface area contributed by atoms with E-state index in [1.54, 1.807) is 0 Å². The van der Waals surface area contributed by atoms with Crippen molar-refractivity contribution in [1.29, 1.82) is 0 Å². The number of aromatic amines is 1. The van der Waals surface area contributed by atoms with Gasteiger partial charge in [0, 0.05) is 42.5 Å². The average molecular weight is 450 g/mol. The molecule has 0 bridgehead atoms. The molecule has 4 heterocycles. The highest BCUT2D eigenvalue weighted by Crippen LogP contribution is 2.39. The van der Waals surface area contributed by atoms with E-state index in [0.717, 1.165) is 62.1 Å². The molecule has 1 saturated heterocycles. The normalized spacial score (nSPS) is 25.5. The Kier molecular flexibility index (Phi) is 5.17. The predicted octanol–water partition coefficient (Wildman–Crippen LogP) is 2.43. The molecular weight excluding hydrogens is 418 g/mol. The van der Waals surface area contributed by atoms with Crippen molar-refractivity contribution in [2.24, 2.45) is 5.73 Å². The van der Waals surface area contributed by atoms with Crippen LogP contribution in [0.3, 0.4) is 0 Å². The van der Waals surface area contributed by atoms with Gasteiger partial charge in [-0.2, -0.15) is 10.1 Å². The number of carbonyl (C=O) groups is 1. The van der Waals surface area contributed by atoms with Gasteiger partial charge in [-0.15, -0.1) is 5.10 Å². The van der Waals surface area contributed by atoms with Crippen LogP contribution >= 0.6 is 0 Å². The maximum Gasteiger partial charge on any atom is 0.246 e. The minimum atomic E-state index is -0.256. The molecule has 0 spiro atoms. The number of nitrogens with zero attached hydrogens (tertiary/aromatic N) is 5. The smallest absolute Gasteiger partial charge is 0.246 e. The van der Waals surface area contributed by atoms with Gasteiger partial charge in [0.1, 0.15) is 11.6 Å². The molecule has 3 fully saturated rings. The molecule has 10 heteroatoms. The Hall–Kier alpha value is -3.14. The van der Waals surface area contributed by atoms with E-state index in [9.17, 15) is 4.79 Å². The van der Waals surface area contributed by atoms with E-state index in [1.807, 2.05) is 27.7 Å². The summed E-state index contributed by atoms with van der Waals surface area (Å²) in [7, 11) is 0. The van der Waals surface area contributed by atoms with Crippen molar-refractivity contribution in [2.45, 2.75) is 75.4 Å². The number of H-pyrrole nitrogens is 1. The summed E-state index contributed by atoms with van der Waals surface area (Å²) in [4.78, 5) is 20.0. The second kappa shape index (κ2) is 8.33. The zero-order valence-corrected chi connectivity index (χ0v) is 18.7. The molecule has 3 aliphatic rings. The number of nitrogens with one attached hydrogen (secondary N) is 3. The lowest BCUT2D eigenvalue weighted by atomic mass is 9.91. The fourth-order valence-corrected chi connectivity index (χ4v) is 5.10. The van der Waals surface area contributed by atoms with Crippen LogP contribution in [0.4, 0.5) is 17.6 Å². The first-order valence-electron chi connectivity index (χ1n) is 12.1. The highest BCUT2D eigenvalue weighted by Gasteiger charge is 2.34. The van der Waals surface area contributed by atoms with Crippen LogP contribution in [0.1, 0.15) is 63.0 Å². The Bertz CT molecular complexity index is 1140. The minimum Gasteiger partial charge on any atom is -0.352 e. The average Bonchev–Trinajstić information content (AvgIpc) is 3.20. The van der Waals surface area contributed by atoms with Gasteiger partial charge in [0.15, 0.2) is 11.6 Å². The van der Waals surface area contributed by atoms with Crippen LogP contribution in [-0.2, 0) is 4.79 Å². The second-order valence-electron chi connectivity index (χ2n) is 9.68. The SMILES string of the molecule is NC1CCC(NC(=O)C2CCCN2c2nc(Nc3cc(C4CC4)[nH]n3)c3cccn3n2)CC1. The van der Waals surface area contributed by atoms with Gasteiger partial charge in [-0.25, -0.2) is 4.52 Å². The first-order valence-corrected chi connectivity index (χ1v) is 12.1. The second-order valence-corrected chi connectivity index (χ2v) is 9.68. The lowest BCUT2D eigenvalue weighted by Gasteiger charge is -2.30. The molecule has 6 rings (SSSR count). The maximum absolute atomic E-state index is 13.2. The summed E-state index contributed by atoms with van der Waals surface area (Å²) in [6.07, 6.45) is 9.92. The van der Waals surface area contributed by atoms with E-state index in [-0.39, 0.29) is 24.0 Å². The number of rotatable bonds is 6. The van der Waals surface area contributed by atoms with Crippen molar-refractivity contribution < 1.29 is 4.79 Å². The van der Waals surface area contributed by atoms with Gasteiger partial charge in [0.05, 0.1) is 0 Å². The quantitative estimate of drug-likeness (QED) is 0.455. The van der Waals surface area contributed by atoms with Crippen molar-refractivity contribution in [2.75, 3.05) is 16.8 Å². The zero-order chi connectivity index (χ0) is 22.4. The van der Waals surface area contributed by atoms with Crippen LogP contribution in [0.2, 0.25) is 0 Å². The maximum atomic E-state index is 13.2.